The average molecular weight is 346 g/mol. The van der Waals surface area contributed by atoms with Gasteiger partial charge in [-0.05, 0) is 26.0 Å². The third-order valence-electron chi connectivity index (χ3n) is 4.23. The monoisotopic (exact) mass is 346 g/mol. The number of nitro groups is 1. The Morgan fingerprint density at radius 1 is 1.32 bits per heavy atom. The van der Waals surface area contributed by atoms with Crippen LogP contribution in [0.4, 0.5) is 11.4 Å². The summed E-state index contributed by atoms with van der Waals surface area (Å²) in [6.07, 6.45) is 0. The fourth-order valence-electron chi connectivity index (χ4n) is 3.08. The van der Waals surface area contributed by atoms with Crippen molar-refractivity contribution in [1.29, 1.82) is 0 Å². The lowest BCUT2D eigenvalue weighted by molar-refractivity contribution is -0.385. The average Bonchev–Trinajstić information content (AvgIpc) is 3.00. The first-order valence-corrected chi connectivity index (χ1v) is 8.38. The SMILES string of the molecule is CCOc1cccc(N2CCN(Cc3cc(C)no3)CC2)c1[N+](=O)[O-]. The number of ether oxygens (including phenoxy) is 1. The molecule has 2 heterocycles. The van der Waals surface area contributed by atoms with Gasteiger partial charge in [0.1, 0.15) is 5.69 Å². The van der Waals surface area contributed by atoms with E-state index in [2.05, 4.69) is 10.1 Å². The number of para-hydroxylation sites is 1. The van der Waals surface area contributed by atoms with Crippen molar-refractivity contribution in [3.63, 3.8) is 0 Å². The first-order valence-electron chi connectivity index (χ1n) is 8.38. The predicted octanol–water partition coefficient (Wildman–Crippen LogP) is 2.61. The summed E-state index contributed by atoms with van der Waals surface area (Å²) in [6.45, 7) is 7.85. The molecule has 0 aliphatic carbocycles. The number of hydrogen-bond acceptors (Lipinski definition) is 7. The molecule has 0 amide bonds. The quantitative estimate of drug-likeness (QED) is 0.587. The molecular weight excluding hydrogens is 324 g/mol. The van der Waals surface area contributed by atoms with Gasteiger partial charge in [0.05, 0.1) is 23.8 Å². The van der Waals surface area contributed by atoms with Crippen LogP contribution in [0.3, 0.4) is 0 Å². The normalized spacial score (nSPS) is 15.4. The molecule has 1 aliphatic heterocycles. The van der Waals surface area contributed by atoms with Crippen molar-refractivity contribution in [2.45, 2.75) is 20.4 Å². The molecule has 134 valence electrons. The first-order chi connectivity index (χ1) is 12.1. The largest absolute Gasteiger partial charge is 0.487 e. The number of anilines is 1. The minimum atomic E-state index is -0.357. The van der Waals surface area contributed by atoms with Crippen LogP contribution in [0.5, 0.6) is 5.75 Å². The Kier molecular flexibility index (Phi) is 5.18. The van der Waals surface area contributed by atoms with Crippen molar-refractivity contribution < 1.29 is 14.2 Å². The molecule has 8 nitrogen and oxygen atoms in total. The second kappa shape index (κ2) is 7.52. The molecule has 1 fully saturated rings. The van der Waals surface area contributed by atoms with Crippen molar-refractivity contribution in [2.75, 3.05) is 37.7 Å². The van der Waals surface area contributed by atoms with Gasteiger partial charge >= 0.3 is 5.69 Å². The molecule has 1 aromatic carbocycles. The van der Waals surface area contributed by atoms with E-state index >= 15 is 0 Å². The van der Waals surface area contributed by atoms with E-state index < -0.39 is 0 Å². The Morgan fingerprint density at radius 3 is 2.68 bits per heavy atom. The maximum absolute atomic E-state index is 11.5. The Bertz CT molecular complexity index is 738. The molecule has 1 aromatic heterocycles. The lowest BCUT2D eigenvalue weighted by Crippen LogP contribution is -2.46. The van der Waals surface area contributed by atoms with Crippen LogP contribution in [-0.4, -0.2) is 47.8 Å². The number of nitrogens with zero attached hydrogens (tertiary/aromatic N) is 4. The number of benzene rings is 1. The van der Waals surface area contributed by atoms with Gasteiger partial charge in [-0.25, -0.2) is 0 Å². The minimum absolute atomic E-state index is 0.0451. The molecule has 0 unspecified atom stereocenters. The Balaban J connectivity index is 1.70. The van der Waals surface area contributed by atoms with Gasteiger partial charge in [-0.1, -0.05) is 11.2 Å². The van der Waals surface area contributed by atoms with E-state index in [1.807, 2.05) is 24.8 Å². The van der Waals surface area contributed by atoms with Gasteiger partial charge < -0.3 is 14.2 Å². The van der Waals surface area contributed by atoms with E-state index in [0.717, 1.165) is 24.5 Å². The predicted molar refractivity (Wildman–Crippen MR) is 93.0 cm³/mol. The van der Waals surface area contributed by atoms with E-state index in [1.165, 1.54) is 0 Å². The van der Waals surface area contributed by atoms with Crippen LogP contribution in [-0.2, 0) is 6.54 Å². The standard InChI is InChI=1S/C17H22N4O4/c1-3-24-16-6-4-5-15(17(16)21(22)23)20-9-7-19(8-10-20)12-14-11-13(2)18-25-14/h4-6,11H,3,7-10,12H2,1-2H3. The van der Waals surface area contributed by atoms with Crippen molar-refractivity contribution in [2.24, 2.45) is 0 Å². The molecule has 0 N–H and O–H groups in total. The van der Waals surface area contributed by atoms with Crippen LogP contribution in [0.2, 0.25) is 0 Å². The highest BCUT2D eigenvalue weighted by Gasteiger charge is 2.27. The molecule has 0 bridgehead atoms. The maximum atomic E-state index is 11.5. The summed E-state index contributed by atoms with van der Waals surface area (Å²) in [7, 11) is 0. The van der Waals surface area contributed by atoms with Gasteiger partial charge in [0.15, 0.2) is 11.5 Å². The maximum Gasteiger partial charge on any atom is 0.333 e. The van der Waals surface area contributed by atoms with Gasteiger partial charge in [-0.15, -0.1) is 0 Å². The highest BCUT2D eigenvalue weighted by molar-refractivity contribution is 5.70. The fourth-order valence-corrected chi connectivity index (χ4v) is 3.08. The summed E-state index contributed by atoms with van der Waals surface area (Å²) in [5.74, 6) is 1.17. The molecule has 0 saturated carbocycles. The van der Waals surface area contributed by atoms with Gasteiger partial charge in [0, 0.05) is 32.2 Å². The van der Waals surface area contributed by atoms with Gasteiger partial charge in [0.2, 0.25) is 0 Å². The molecule has 1 saturated heterocycles. The molecule has 8 heteroatoms. The molecule has 0 spiro atoms. The minimum Gasteiger partial charge on any atom is -0.487 e. The zero-order valence-corrected chi connectivity index (χ0v) is 14.5. The molecule has 0 radical (unpaired) electrons. The van der Waals surface area contributed by atoms with Crippen molar-refractivity contribution in [3.05, 3.63) is 45.8 Å². The summed E-state index contributed by atoms with van der Waals surface area (Å²) in [4.78, 5) is 15.5. The zero-order valence-electron chi connectivity index (χ0n) is 14.5. The summed E-state index contributed by atoms with van der Waals surface area (Å²) >= 11 is 0. The second-order valence-corrected chi connectivity index (χ2v) is 6.01. The number of rotatable bonds is 6. The summed E-state index contributed by atoms with van der Waals surface area (Å²) in [5, 5.41) is 15.4. The first kappa shape index (κ1) is 17.2. The number of aryl methyl sites for hydroxylation is 1. The third-order valence-corrected chi connectivity index (χ3v) is 4.23. The number of aromatic nitrogens is 1. The van der Waals surface area contributed by atoms with Crippen molar-refractivity contribution in [1.82, 2.24) is 10.1 Å². The Labute approximate surface area is 146 Å². The summed E-state index contributed by atoms with van der Waals surface area (Å²) in [6, 6.07) is 7.17. The number of hydrogen-bond donors (Lipinski definition) is 0. The molecule has 3 rings (SSSR count). The third kappa shape index (κ3) is 3.90. The van der Waals surface area contributed by atoms with E-state index in [1.54, 1.807) is 18.2 Å². The van der Waals surface area contributed by atoms with Crippen LogP contribution in [0.1, 0.15) is 18.4 Å². The molecule has 1 aliphatic rings. The lowest BCUT2D eigenvalue weighted by Gasteiger charge is -2.35. The van der Waals surface area contributed by atoms with Crippen LogP contribution in [0.15, 0.2) is 28.8 Å². The van der Waals surface area contributed by atoms with Crippen LogP contribution >= 0.6 is 0 Å². The van der Waals surface area contributed by atoms with E-state index in [4.69, 9.17) is 9.26 Å². The highest BCUT2D eigenvalue weighted by atomic mass is 16.6. The zero-order chi connectivity index (χ0) is 17.8. The lowest BCUT2D eigenvalue weighted by atomic mass is 10.2. The Morgan fingerprint density at radius 2 is 2.08 bits per heavy atom. The Hall–Kier alpha value is -2.61. The van der Waals surface area contributed by atoms with E-state index in [-0.39, 0.29) is 10.6 Å². The van der Waals surface area contributed by atoms with Crippen LogP contribution < -0.4 is 9.64 Å². The molecule has 25 heavy (non-hydrogen) atoms. The van der Waals surface area contributed by atoms with E-state index in [9.17, 15) is 10.1 Å². The highest BCUT2D eigenvalue weighted by Crippen LogP contribution is 2.37. The van der Waals surface area contributed by atoms with Crippen molar-refractivity contribution in [3.8, 4) is 5.75 Å². The topological polar surface area (TPSA) is 84.9 Å². The second-order valence-electron chi connectivity index (χ2n) is 6.01. The van der Waals surface area contributed by atoms with Crippen LogP contribution in [0.25, 0.3) is 0 Å². The summed E-state index contributed by atoms with van der Waals surface area (Å²) in [5.41, 5.74) is 1.53. The molecule has 0 atom stereocenters. The van der Waals surface area contributed by atoms with Gasteiger partial charge in [0.25, 0.3) is 0 Å². The van der Waals surface area contributed by atoms with Gasteiger partial charge in [-0.2, -0.15) is 0 Å². The summed E-state index contributed by atoms with van der Waals surface area (Å²) < 4.78 is 10.7. The smallest absolute Gasteiger partial charge is 0.333 e. The fraction of sp³-hybridized carbons (Fsp3) is 0.471. The molecule has 2 aromatic rings. The number of piperazine rings is 1. The van der Waals surface area contributed by atoms with Crippen molar-refractivity contribution >= 4 is 11.4 Å². The molecular formula is C17H22N4O4. The van der Waals surface area contributed by atoms with Gasteiger partial charge in [-0.3, -0.25) is 15.0 Å². The van der Waals surface area contributed by atoms with E-state index in [0.29, 0.717) is 37.7 Å². The van der Waals surface area contributed by atoms with Crippen LogP contribution in [0, 0.1) is 17.0 Å². The number of nitro benzene ring substituents is 1.